The zero-order chi connectivity index (χ0) is 18.0. The molecule has 6 nitrogen and oxygen atoms in total. The van der Waals surface area contributed by atoms with Crippen LogP contribution in [0.25, 0.3) is 5.69 Å². The van der Waals surface area contributed by atoms with Crippen molar-refractivity contribution in [2.24, 2.45) is 5.92 Å². The van der Waals surface area contributed by atoms with Gasteiger partial charge in [0.05, 0.1) is 5.69 Å². The maximum Gasteiger partial charge on any atom is 0.326 e. The van der Waals surface area contributed by atoms with E-state index in [0.29, 0.717) is 0 Å². The van der Waals surface area contributed by atoms with Gasteiger partial charge in [-0.15, -0.1) is 0 Å². The molecule has 0 aliphatic heterocycles. The molecule has 1 amide bonds. The molecule has 0 fully saturated rings. The maximum atomic E-state index is 14.4. The number of nitrogens with one attached hydrogen (secondary N) is 1. The van der Waals surface area contributed by atoms with Crippen LogP contribution in [0.5, 0.6) is 0 Å². The fourth-order valence-electron chi connectivity index (χ4n) is 2.43. The van der Waals surface area contributed by atoms with E-state index in [0.717, 1.165) is 17.5 Å². The summed E-state index contributed by atoms with van der Waals surface area (Å²) >= 11 is 0. The molecule has 0 saturated carbocycles. The number of nitrogens with zero attached hydrogens (tertiary/aromatic N) is 2. The predicted molar refractivity (Wildman–Crippen MR) is 86.7 cm³/mol. The van der Waals surface area contributed by atoms with Gasteiger partial charge in [-0.1, -0.05) is 13.8 Å². The number of amides is 1. The lowest BCUT2D eigenvalue weighted by Crippen LogP contribution is -2.44. The number of halogens is 1. The maximum absolute atomic E-state index is 14.4. The highest BCUT2D eigenvalue weighted by atomic mass is 19.1. The van der Waals surface area contributed by atoms with E-state index in [1.165, 1.54) is 16.8 Å². The van der Waals surface area contributed by atoms with E-state index in [1.54, 1.807) is 27.7 Å². The summed E-state index contributed by atoms with van der Waals surface area (Å²) in [5, 5.41) is 15.7. The highest BCUT2D eigenvalue weighted by Gasteiger charge is 2.24. The normalized spacial score (nSPS) is 12.2. The van der Waals surface area contributed by atoms with Crippen LogP contribution in [0.2, 0.25) is 0 Å². The van der Waals surface area contributed by atoms with Crippen LogP contribution in [0.1, 0.15) is 35.6 Å². The first-order valence-electron chi connectivity index (χ1n) is 7.57. The summed E-state index contributed by atoms with van der Waals surface area (Å²) in [6, 6.07) is 4.77. The summed E-state index contributed by atoms with van der Waals surface area (Å²) in [5.41, 5.74) is 1.82. The van der Waals surface area contributed by atoms with Crippen LogP contribution in [0, 0.1) is 25.6 Å². The van der Waals surface area contributed by atoms with Crippen LogP contribution < -0.4 is 5.32 Å². The van der Waals surface area contributed by atoms with Gasteiger partial charge in [0.15, 0.2) is 0 Å². The smallest absolute Gasteiger partial charge is 0.326 e. The molecule has 0 radical (unpaired) electrons. The second-order valence-corrected chi connectivity index (χ2v) is 6.04. The van der Waals surface area contributed by atoms with E-state index < -0.39 is 23.7 Å². The number of benzene rings is 1. The Morgan fingerprint density at radius 2 is 1.92 bits per heavy atom. The monoisotopic (exact) mass is 333 g/mol. The number of hydrogen-bond acceptors (Lipinski definition) is 3. The van der Waals surface area contributed by atoms with Gasteiger partial charge in [0, 0.05) is 11.3 Å². The van der Waals surface area contributed by atoms with Crippen molar-refractivity contribution in [3.8, 4) is 5.69 Å². The summed E-state index contributed by atoms with van der Waals surface area (Å²) in [7, 11) is 0. The lowest BCUT2D eigenvalue weighted by molar-refractivity contribution is -0.140. The average Bonchev–Trinajstić information content (AvgIpc) is 2.82. The van der Waals surface area contributed by atoms with Gasteiger partial charge >= 0.3 is 5.97 Å². The average molecular weight is 333 g/mol. The summed E-state index contributed by atoms with van der Waals surface area (Å²) < 4.78 is 15.8. The van der Waals surface area contributed by atoms with Crippen molar-refractivity contribution >= 4 is 11.9 Å². The Hall–Kier alpha value is -2.70. The van der Waals surface area contributed by atoms with E-state index in [2.05, 4.69) is 10.4 Å². The van der Waals surface area contributed by atoms with E-state index >= 15 is 0 Å². The van der Waals surface area contributed by atoms with Gasteiger partial charge in [-0.25, -0.2) is 13.9 Å². The molecule has 2 N–H and O–H groups in total. The van der Waals surface area contributed by atoms with Crippen LogP contribution in [-0.2, 0) is 4.79 Å². The fourth-order valence-corrected chi connectivity index (χ4v) is 2.43. The van der Waals surface area contributed by atoms with E-state index in [9.17, 15) is 14.0 Å². The molecule has 0 bridgehead atoms. The molecule has 7 heteroatoms. The molecule has 128 valence electrons. The topological polar surface area (TPSA) is 84.2 Å². The quantitative estimate of drug-likeness (QED) is 0.880. The number of carbonyl (C=O) groups excluding carboxylic acids is 1. The number of aromatic nitrogens is 2. The minimum atomic E-state index is -1.13. The van der Waals surface area contributed by atoms with Crippen LogP contribution in [0.3, 0.4) is 0 Å². The third-order valence-electron chi connectivity index (χ3n) is 3.67. The van der Waals surface area contributed by atoms with Crippen molar-refractivity contribution in [1.29, 1.82) is 0 Å². The van der Waals surface area contributed by atoms with Gasteiger partial charge in [0.1, 0.15) is 17.5 Å². The SMILES string of the molecule is Cc1cc(C)n(-c2ccc(C(=O)N[C@H](C(=O)O)C(C)C)cc2F)n1. The van der Waals surface area contributed by atoms with Gasteiger partial charge in [0.2, 0.25) is 0 Å². The van der Waals surface area contributed by atoms with Crippen molar-refractivity contribution in [3.63, 3.8) is 0 Å². The molecule has 0 aliphatic carbocycles. The Balaban J connectivity index is 2.27. The first-order chi connectivity index (χ1) is 11.2. The number of carboxylic acid groups (broad SMARTS) is 1. The highest BCUT2D eigenvalue weighted by Crippen LogP contribution is 2.18. The van der Waals surface area contributed by atoms with Crippen LogP contribution in [-0.4, -0.2) is 32.8 Å². The summed E-state index contributed by atoms with van der Waals surface area (Å²) in [5.74, 6) is -2.65. The molecular formula is C17H20FN3O3. The fraction of sp³-hybridized carbons (Fsp3) is 0.353. The molecule has 1 heterocycles. The number of carboxylic acids is 1. The lowest BCUT2D eigenvalue weighted by atomic mass is 10.0. The number of carbonyl (C=O) groups is 2. The van der Waals surface area contributed by atoms with Crippen molar-refractivity contribution in [1.82, 2.24) is 15.1 Å². The Labute approximate surface area is 139 Å². The number of hydrogen-bond donors (Lipinski definition) is 2. The Kier molecular flexibility index (Phi) is 5.02. The molecule has 0 spiro atoms. The molecule has 0 unspecified atom stereocenters. The van der Waals surface area contributed by atoms with Gasteiger partial charge < -0.3 is 10.4 Å². The van der Waals surface area contributed by atoms with E-state index in [4.69, 9.17) is 5.11 Å². The minimum Gasteiger partial charge on any atom is -0.480 e. The summed E-state index contributed by atoms with van der Waals surface area (Å²) in [6.07, 6.45) is 0. The summed E-state index contributed by atoms with van der Waals surface area (Å²) in [4.78, 5) is 23.3. The zero-order valence-corrected chi connectivity index (χ0v) is 14.0. The first-order valence-corrected chi connectivity index (χ1v) is 7.57. The zero-order valence-electron chi connectivity index (χ0n) is 14.0. The standard InChI is InChI=1S/C17H20FN3O3/c1-9(2)15(17(23)24)19-16(22)12-5-6-14(13(18)8-12)21-11(4)7-10(3)20-21/h5-9,15H,1-4H3,(H,19,22)(H,23,24)/t15-/m0/s1. The van der Waals surface area contributed by atoms with E-state index in [1.807, 2.05) is 6.07 Å². The third kappa shape index (κ3) is 3.61. The number of aliphatic carboxylic acids is 1. The largest absolute Gasteiger partial charge is 0.480 e. The van der Waals surface area contributed by atoms with Gasteiger partial charge in [0.25, 0.3) is 5.91 Å². The van der Waals surface area contributed by atoms with E-state index in [-0.39, 0.29) is 17.2 Å². The molecule has 1 atom stereocenters. The molecular weight excluding hydrogens is 313 g/mol. The highest BCUT2D eigenvalue weighted by molar-refractivity contribution is 5.96. The van der Waals surface area contributed by atoms with Crippen LogP contribution in [0.4, 0.5) is 4.39 Å². The van der Waals surface area contributed by atoms with Gasteiger partial charge in [-0.3, -0.25) is 4.79 Å². The second-order valence-electron chi connectivity index (χ2n) is 6.04. The lowest BCUT2D eigenvalue weighted by Gasteiger charge is -2.18. The third-order valence-corrected chi connectivity index (χ3v) is 3.67. The molecule has 1 aromatic heterocycles. The minimum absolute atomic E-state index is 0.0599. The Bertz CT molecular complexity index is 783. The van der Waals surface area contributed by atoms with Crippen molar-refractivity contribution in [3.05, 3.63) is 47.0 Å². The Morgan fingerprint density at radius 1 is 1.25 bits per heavy atom. The Morgan fingerprint density at radius 3 is 2.38 bits per heavy atom. The molecule has 1 aromatic carbocycles. The summed E-state index contributed by atoms with van der Waals surface area (Å²) in [6.45, 7) is 6.98. The molecule has 2 aromatic rings. The van der Waals surface area contributed by atoms with Crippen LogP contribution >= 0.6 is 0 Å². The van der Waals surface area contributed by atoms with Gasteiger partial charge in [-0.05, 0) is 44.0 Å². The second kappa shape index (κ2) is 6.82. The van der Waals surface area contributed by atoms with Crippen LogP contribution in [0.15, 0.2) is 24.3 Å². The first kappa shape index (κ1) is 17.7. The van der Waals surface area contributed by atoms with Crippen molar-refractivity contribution in [2.75, 3.05) is 0 Å². The number of aryl methyl sites for hydroxylation is 2. The van der Waals surface area contributed by atoms with Gasteiger partial charge in [-0.2, -0.15) is 5.10 Å². The number of rotatable bonds is 5. The molecule has 0 aliphatic rings. The van der Waals surface area contributed by atoms with Crippen molar-refractivity contribution < 1.29 is 19.1 Å². The molecule has 0 saturated heterocycles. The molecule has 24 heavy (non-hydrogen) atoms. The van der Waals surface area contributed by atoms with Crippen molar-refractivity contribution in [2.45, 2.75) is 33.7 Å². The predicted octanol–water partition coefficient (Wildman–Crippen LogP) is 2.47. The molecule has 2 rings (SSSR count).